The summed E-state index contributed by atoms with van der Waals surface area (Å²) in [5, 5.41) is 2.41. The van der Waals surface area contributed by atoms with Crippen LogP contribution < -0.4 is 10.4 Å². The van der Waals surface area contributed by atoms with Gasteiger partial charge < -0.3 is 9.33 Å². The van der Waals surface area contributed by atoms with E-state index in [1.165, 1.54) is 10.4 Å². The van der Waals surface area contributed by atoms with Crippen molar-refractivity contribution < 1.29 is 9.22 Å². The smallest absolute Gasteiger partial charge is 0.261 e. The molecule has 0 aliphatic rings. The van der Waals surface area contributed by atoms with Crippen LogP contribution in [0.25, 0.3) is 0 Å². The molecule has 0 fully saturated rings. The Labute approximate surface area is 213 Å². The lowest BCUT2D eigenvalue weighted by molar-refractivity contribution is 0.0534. The molecule has 0 N–H and O–H groups in total. The van der Waals surface area contributed by atoms with Crippen LogP contribution in [0.2, 0.25) is 5.04 Å². The van der Waals surface area contributed by atoms with Gasteiger partial charge in [0.1, 0.15) is 0 Å². The second-order valence-electron chi connectivity index (χ2n) is 11.5. The maximum atomic E-state index is 13.7. The molecule has 0 bridgehead atoms. The summed E-state index contributed by atoms with van der Waals surface area (Å²) in [5.74, 6) is 0.0600. The van der Waals surface area contributed by atoms with E-state index in [0.717, 1.165) is 16.7 Å². The predicted molar refractivity (Wildman–Crippen MR) is 150 cm³/mol. The number of carbonyl (C=O) groups is 1. The fraction of sp³-hybridized carbons (Fsp3) is 0.387. The number of rotatable bonds is 7. The number of hydrogen-bond donors (Lipinski definition) is 0. The van der Waals surface area contributed by atoms with Gasteiger partial charge in [0.15, 0.2) is 0 Å². The van der Waals surface area contributed by atoms with Crippen LogP contribution in [-0.2, 0) is 4.43 Å². The standard InChI is InChI=1S/C31H41NO2Si/c1-24-19-20-25(2)28(23-24)29(33)32(30(3,4)5)21-22-34-35(31(6,7)8,26-15-11-9-12-16-26)27-17-13-10-14-18-27/h9-20,23H,21-22H2,1-8H3. The van der Waals surface area contributed by atoms with E-state index in [2.05, 4.69) is 108 Å². The van der Waals surface area contributed by atoms with E-state index in [4.69, 9.17) is 4.43 Å². The van der Waals surface area contributed by atoms with Gasteiger partial charge in [-0.25, -0.2) is 0 Å². The third kappa shape index (κ3) is 5.76. The summed E-state index contributed by atoms with van der Waals surface area (Å²) < 4.78 is 7.08. The number of aryl methyl sites for hydroxylation is 2. The minimum atomic E-state index is -2.65. The molecular weight excluding hydrogens is 446 g/mol. The van der Waals surface area contributed by atoms with Gasteiger partial charge in [0.2, 0.25) is 0 Å². The molecule has 3 aromatic carbocycles. The minimum absolute atomic E-state index is 0.0600. The molecule has 0 heterocycles. The normalized spacial score (nSPS) is 12.5. The molecule has 1 amide bonds. The van der Waals surface area contributed by atoms with Crippen molar-refractivity contribution in [3.05, 3.63) is 95.6 Å². The Balaban J connectivity index is 1.98. The summed E-state index contributed by atoms with van der Waals surface area (Å²) in [6, 6.07) is 27.4. The zero-order valence-corrected chi connectivity index (χ0v) is 23.7. The van der Waals surface area contributed by atoms with E-state index in [1.807, 2.05) is 30.9 Å². The molecule has 35 heavy (non-hydrogen) atoms. The lowest BCUT2D eigenvalue weighted by Crippen LogP contribution is -2.67. The van der Waals surface area contributed by atoms with E-state index in [0.29, 0.717) is 13.2 Å². The van der Waals surface area contributed by atoms with Crippen LogP contribution in [0.15, 0.2) is 78.9 Å². The Hall–Kier alpha value is -2.69. The zero-order valence-electron chi connectivity index (χ0n) is 22.7. The molecular formula is C31H41NO2Si. The minimum Gasteiger partial charge on any atom is -0.406 e. The largest absolute Gasteiger partial charge is 0.406 e. The van der Waals surface area contributed by atoms with Crippen molar-refractivity contribution in [3.8, 4) is 0 Å². The molecule has 0 radical (unpaired) electrons. The molecule has 0 atom stereocenters. The summed E-state index contributed by atoms with van der Waals surface area (Å²) in [6.07, 6.45) is 0. The fourth-order valence-corrected chi connectivity index (χ4v) is 9.46. The van der Waals surface area contributed by atoms with Gasteiger partial charge in [0.25, 0.3) is 14.2 Å². The molecule has 3 rings (SSSR count). The average molecular weight is 488 g/mol. The third-order valence-corrected chi connectivity index (χ3v) is 11.8. The van der Waals surface area contributed by atoms with Gasteiger partial charge in [-0.15, -0.1) is 0 Å². The molecule has 0 aromatic heterocycles. The van der Waals surface area contributed by atoms with Crippen molar-refractivity contribution in [2.24, 2.45) is 0 Å². The first kappa shape index (κ1) is 26.9. The SMILES string of the molecule is Cc1ccc(C)c(C(=O)N(CCO[Si](c2ccccc2)(c2ccccc2)C(C)(C)C)C(C)(C)C)c1. The highest BCUT2D eigenvalue weighted by molar-refractivity contribution is 6.99. The molecule has 0 saturated carbocycles. The Morgan fingerprint density at radius 1 is 0.800 bits per heavy atom. The number of hydrogen-bond acceptors (Lipinski definition) is 2. The van der Waals surface area contributed by atoms with Crippen molar-refractivity contribution >= 4 is 24.6 Å². The summed E-state index contributed by atoms with van der Waals surface area (Å²) in [5.41, 5.74) is 2.53. The van der Waals surface area contributed by atoms with Gasteiger partial charge in [-0.2, -0.15) is 0 Å². The van der Waals surface area contributed by atoms with Gasteiger partial charge in [0.05, 0.1) is 6.61 Å². The van der Waals surface area contributed by atoms with Crippen molar-refractivity contribution in [2.45, 2.75) is 66.0 Å². The summed E-state index contributed by atoms with van der Waals surface area (Å²) in [6.45, 7) is 18.2. The van der Waals surface area contributed by atoms with Crippen LogP contribution in [0.1, 0.15) is 63.0 Å². The zero-order chi connectivity index (χ0) is 25.9. The van der Waals surface area contributed by atoms with E-state index < -0.39 is 8.32 Å². The molecule has 0 spiro atoms. The average Bonchev–Trinajstić information content (AvgIpc) is 2.80. The Bertz CT molecular complexity index is 1090. The van der Waals surface area contributed by atoms with E-state index >= 15 is 0 Å². The van der Waals surface area contributed by atoms with Crippen LogP contribution in [0, 0.1) is 13.8 Å². The molecule has 3 aromatic rings. The third-order valence-electron chi connectivity index (χ3n) is 6.73. The number of nitrogens with zero attached hydrogens (tertiary/aromatic N) is 1. The molecule has 3 nitrogen and oxygen atoms in total. The van der Waals surface area contributed by atoms with Gasteiger partial charge in [-0.05, 0) is 61.7 Å². The van der Waals surface area contributed by atoms with Crippen LogP contribution in [-0.4, -0.2) is 37.8 Å². The van der Waals surface area contributed by atoms with Gasteiger partial charge in [-0.1, -0.05) is 99.1 Å². The lowest BCUT2D eigenvalue weighted by Gasteiger charge is -2.44. The monoisotopic (exact) mass is 487 g/mol. The van der Waals surface area contributed by atoms with Crippen molar-refractivity contribution in [1.29, 1.82) is 0 Å². The molecule has 0 unspecified atom stereocenters. The van der Waals surface area contributed by atoms with Crippen LogP contribution in [0.5, 0.6) is 0 Å². The fourth-order valence-electron chi connectivity index (χ4n) is 4.90. The Morgan fingerprint density at radius 3 is 1.77 bits per heavy atom. The quantitative estimate of drug-likeness (QED) is 0.376. The first-order chi connectivity index (χ1) is 16.4. The highest BCUT2D eigenvalue weighted by Crippen LogP contribution is 2.36. The van der Waals surface area contributed by atoms with Gasteiger partial charge >= 0.3 is 0 Å². The van der Waals surface area contributed by atoms with Crippen LogP contribution in [0.3, 0.4) is 0 Å². The van der Waals surface area contributed by atoms with Gasteiger partial charge in [-0.3, -0.25) is 4.79 Å². The number of benzene rings is 3. The molecule has 0 saturated heterocycles. The van der Waals surface area contributed by atoms with E-state index in [-0.39, 0.29) is 16.5 Å². The molecule has 0 aliphatic carbocycles. The highest BCUT2D eigenvalue weighted by Gasteiger charge is 2.50. The highest BCUT2D eigenvalue weighted by atomic mass is 28.4. The summed E-state index contributed by atoms with van der Waals surface area (Å²) in [7, 11) is -2.65. The Kier molecular flexibility index (Phi) is 8.08. The van der Waals surface area contributed by atoms with Gasteiger partial charge in [0, 0.05) is 17.6 Å². The van der Waals surface area contributed by atoms with Crippen LogP contribution >= 0.6 is 0 Å². The maximum absolute atomic E-state index is 13.7. The summed E-state index contributed by atoms with van der Waals surface area (Å²) >= 11 is 0. The van der Waals surface area contributed by atoms with Crippen LogP contribution in [0.4, 0.5) is 0 Å². The molecule has 0 aliphatic heterocycles. The molecule has 4 heteroatoms. The number of carbonyl (C=O) groups excluding carboxylic acids is 1. The van der Waals surface area contributed by atoms with Crippen molar-refractivity contribution in [1.82, 2.24) is 4.90 Å². The second kappa shape index (κ2) is 10.5. The number of amides is 1. The first-order valence-electron chi connectivity index (χ1n) is 12.5. The maximum Gasteiger partial charge on any atom is 0.261 e. The topological polar surface area (TPSA) is 29.5 Å². The molecule has 186 valence electrons. The Morgan fingerprint density at radius 2 is 1.31 bits per heavy atom. The van der Waals surface area contributed by atoms with Crippen molar-refractivity contribution in [3.63, 3.8) is 0 Å². The van der Waals surface area contributed by atoms with E-state index in [1.54, 1.807) is 0 Å². The van der Waals surface area contributed by atoms with Crippen molar-refractivity contribution in [2.75, 3.05) is 13.2 Å². The lowest BCUT2D eigenvalue weighted by atomic mass is 10.0. The second-order valence-corrected chi connectivity index (χ2v) is 15.8. The first-order valence-corrected chi connectivity index (χ1v) is 14.4. The van der Waals surface area contributed by atoms with E-state index in [9.17, 15) is 4.79 Å². The summed E-state index contributed by atoms with van der Waals surface area (Å²) in [4.78, 5) is 15.7. The predicted octanol–water partition coefficient (Wildman–Crippen LogP) is 6.12.